The Bertz CT molecular complexity index is 713. The van der Waals surface area contributed by atoms with Gasteiger partial charge in [-0.15, -0.1) is 0 Å². The van der Waals surface area contributed by atoms with Gasteiger partial charge in [0, 0.05) is 36.1 Å². The number of anilines is 1. The molecule has 0 spiro atoms. The first-order valence-electron chi connectivity index (χ1n) is 8.24. The molecule has 6 heteroatoms. The standard InChI is InChI=1S/C18H23N3O3/c1-11(8-18(22)20-17-9-12(2)24-21-17)19-13(3)15-10-23-16-7-5-4-6-14(15)16/h4-7,9,11,13,15,19H,8,10H2,1-3H3,(H,20,21,22). The molecule has 1 aliphatic heterocycles. The van der Waals surface area contributed by atoms with Crippen molar-refractivity contribution >= 4 is 11.7 Å². The summed E-state index contributed by atoms with van der Waals surface area (Å²) < 4.78 is 10.7. The summed E-state index contributed by atoms with van der Waals surface area (Å²) in [6.07, 6.45) is 0.367. The van der Waals surface area contributed by atoms with Crippen molar-refractivity contribution in [1.29, 1.82) is 0 Å². The van der Waals surface area contributed by atoms with Crippen LogP contribution in [0.3, 0.4) is 0 Å². The van der Waals surface area contributed by atoms with E-state index in [0.29, 0.717) is 30.5 Å². The predicted molar refractivity (Wildman–Crippen MR) is 91.2 cm³/mol. The lowest BCUT2D eigenvalue weighted by atomic mass is 9.94. The molecule has 0 radical (unpaired) electrons. The number of hydrogen-bond acceptors (Lipinski definition) is 5. The molecule has 3 atom stereocenters. The maximum absolute atomic E-state index is 12.1. The fourth-order valence-corrected chi connectivity index (χ4v) is 3.12. The van der Waals surface area contributed by atoms with Crippen LogP contribution in [0.2, 0.25) is 0 Å². The van der Waals surface area contributed by atoms with Gasteiger partial charge in [-0.2, -0.15) is 0 Å². The summed E-state index contributed by atoms with van der Waals surface area (Å²) in [5, 5.41) is 10.0. The number of carbonyl (C=O) groups is 1. The van der Waals surface area contributed by atoms with Crippen LogP contribution in [0.4, 0.5) is 5.82 Å². The van der Waals surface area contributed by atoms with Crippen molar-refractivity contribution in [3.05, 3.63) is 41.7 Å². The maximum atomic E-state index is 12.1. The zero-order valence-electron chi connectivity index (χ0n) is 14.2. The Balaban J connectivity index is 1.51. The summed E-state index contributed by atoms with van der Waals surface area (Å²) in [6.45, 7) is 6.60. The van der Waals surface area contributed by atoms with Crippen LogP contribution >= 0.6 is 0 Å². The van der Waals surface area contributed by atoms with Crippen molar-refractivity contribution in [2.75, 3.05) is 11.9 Å². The van der Waals surface area contributed by atoms with E-state index in [9.17, 15) is 4.79 Å². The third kappa shape index (κ3) is 3.76. The summed E-state index contributed by atoms with van der Waals surface area (Å²) in [5.74, 6) is 2.30. The van der Waals surface area contributed by atoms with E-state index in [2.05, 4.69) is 28.8 Å². The van der Waals surface area contributed by atoms with Gasteiger partial charge in [0.2, 0.25) is 5.91 Å². The van der Waals surface area contributed by atoms with Gasteiger partial charge in [0.25, 0.3) is 0 Å². The summed E-state index contributed by atoms with van der Waals surface area (Å²) in [7, 11) is 0. The van der Waals surface area contributed by atoms with Crippen molar-refractivity contribution in [3.8, 4) is 5.75 Å². The molecule has 1 aromatic carbocycles. The molecule has 0 fully saturated rings. The number of nitrogens with zero attached hydrogens (tertiary/aromatic N) is 1. The van der Waals surface area contributed by atoms with Crippen LogP contribution in [-0.4, -0.2) is 29.8 Å². The van der Waals surface area contributed by atoms with Gasteiger partial charge in [-0.1, -0.05) is 23.4 Å². The molecule has 3 rings (SSSR count). The van der Waals surface area contributed by atoms with E-state index in [1.807, 2.05) is 25.1 Å². The molecular weight excluding hydrogens is 306 g/mol. The Kier molecular flexibility index (Phi) is 4.85. The molecular formula is C18H23N3O3. The van der Waals surface area contributed by atoms with E-state index in [-0.39, 0.29) is 18.0 Å². The molecule has 0 saturated heterocycles. The fourth-order valence-electron chi connectivity index (χ4n) is 3.12. The molecule has 0 aliphatic carbocycles. The van der Waals surface area contributed by atoms with E-state index >= 15 is 0 Å². The normalized spacial score (nSPS) is 18.5. The molecule has 2 N–H and O–H groups in total. The Morgan fingerprint density at radius 3 is 2.92 bits per heavy atom. The van der Waals surface area contributed by atoms with Crippen molar-refractivity contribution < 1.29 is 14.1 Å². The van der Waals surface area contributed by atoms with E-state index in [1.54, 1.807) is 13.0 Å². The van der Waals surface area contributed by atoms with Gasteiger partial charge in [0.05, 0.1) is 6.61 Å². The van der Waals surface area contributed by atoms with Gasteiger partial charge in [-0.05, 0) is 26.8 Å². The highest BCUT2D eigenvalue weighted by Gasteiger charge is 2.29. The topological polar surface area (TPSA) is 76.4 Å². The highest BCUT2D eigenvalue weighted by atomic mass is 16.5. The average Bonchev–Trinajstić information content (AvgIpc) is 3.13. The van der Waals surface area contributed by atoms with Gasteiger partial charge in [0.1, 0.15) is 11.5 Å². The van der Waals surface area contributed by atoms with E-state index < -0.39 is 0 Å². The van der Waals surface area contributed by atoms with Gasteiger partial charge in [-0.25, -0.2) is 0 Å². The Labute approximate surface area is 141 Å². The number of fused-ring (bicyclic) bond motifs is 1. The molecule has 1 aliphatic rings. The summed E-state index contributed by atoms with van der Waals surface area (Å²) >= 11 is 0. The van der Waals surface area contributed by atoms with E-state index in [0.717, 1.165) is 5.75 Å². The summed E-state index contributed by atoms with van der Waals surface area (Å²) in [4.78, 5) is 12.1. The molecule has 2 heterocycles. The lowest BCUT2D eigenvalue weighted by Gasteiger charge is -2.24. The minimum atomic E-state index is -0.0847. The number of benzene rings is 1. The second kappa shape index (κ2) is 7.05. The van der Waals surface area contributed by atoms with E-state index in [4.69, 9.17) is 9.26 Å². The molecule has 24 heavy (non-hydrogen) atoms. The highest BCUT2D eigenvalue weighted by Crippen LogP contribution is 2.35. The van der Waals surface area contributed by atoms with Gasteiger partial charge < -0.3 is 19.9 Å². The number of aromatic nitrogens is 1. The van der Waals surface area contributed by atoms with E-state index in [1.165, 1.54) is 5.56 Å². The summed E-state index contributed by atoms with van der Waals surface area (Å²) in [6, 6.07) is 10.1. The van der Waals surface area contributed by atoms with Crippen LogP contribution in [0, 0.1) is 6.92 Å². The van der Waals surface area contributed by atoms with Crippen LogP contribution in [-0.2, 0) is 4.79 Å². The average molecular weight is 329 g/mol. The molecule has 3 unspecified atom stereocenters. The quantitative estimate of drug-likeness (QED) is 0.852. The number of amides is 1. The predicted octanol–water partition coefficient (Wildman–Crippen LogP) is 2.85. The Morgan fingerprint density at radius 2 is 2.17 bits per heavy atom. The van der Waals surface area contributed by atoms with Gasteiger partial charge in [0.15, 0.2) is 5.82 Å². The molecule has 6 nitrogen and oxygen atoms in total. The first-order valence-corrected chi connectivity index (χ1v) is 8.24. The van der Waals surface area contributed by atoms with Crippen LogP contribution in [0.5, 0.6) is 5.75 Å². The Morgan fingerprint density at radius 1 is 1.38 bits per heavy atom. The minimum absolute atomic E-state index is 0.0424. The number of carbonyl (C=O) groups excluding carboxylic acids is 1. The first kappa shape index (κ1) is 16.5. The highest BCUT2D eigenvalue weighted by molar-refractivity contribution is 5.90. The van der Waals surface area contributed by atoms with Crippen LogP contribution in [0.25, 0.3) is 0 Å². The van der Waals surface area contributed by atoms with Crippen LogP contribution < -0.4 is 15.4 Å². The fraction of sp³-hybridized carbons (Fsp3) is 0.444. The number of nitrogens with one attached hydrogen (secondary N) is 2. The minimum Gasteiger partial charge on any atom is -0.493 e. The van der Waals surface area contributed by atoms with Gasteiger partial charge in [-0.3, -0.25) is 4.79 Å². The summed E-state index contributed by atoms with van der Waals surface area (Å²) in [5.41, 5.74) is 1.23. The second-order valence-electron chi connectivity index (χ2n) is 6.39. The van der Waals surface area contributed by atoms with Crippen molar-refractivity contribution in [3.63, 3.8) is 0 Å². The molecule has 128 valence electrons. The molecule has 0 saturated carbocycles. The third-order valence-electron chi connectivity index (χ3n) is 4.27. The first-order chi connectivity index (χ1) is 11.5. The smallest absolute Gasteiger partial charge is 0.227 e. The van der Waals surface area contributed by atoms with Gasteiger partial charge >= 0.3 is 0 Å². The SMILES string of the molecule is Cc1cc(NC(=O)CC(C)NC(C)C2COc3ccccc32)no1. The molecule has 1 amide bonds. The van der Waals surface area contributed by atoms with Crippen LogP contribution in [0.15, 0.2) is 34.9 Å². The Hall–Kier alpha value is -2.34. The number of aryl methyl sites for hydroxylation is 1. The van der Waals surface area contributed by atoms with Crippen molar-refractivity contribution in [2.45, 2.75) is 45.2 Å². The molecule has 2 aromatic rings. The van der Waals surface area contributed by atoms with Crippen molar-refractivity contribution in [1.82, 2.24) is 10.5 Å². The lowest BCUT2D eigenvalue weighted by Crippen LogP contribution is -2.40. The monoisotopic (exact) mass is 329 g/mol. The van der Waals surface area contributed by atoms with Crippen molar-refractivity contribution in [2.24, 2.45) is 0 Å². The molecule has 0 bridgehead atoms. The zero-order valence-corrected chi connectivity index (χ0v) is 14.2. The lowest BCUT2D eigenvalue weighted by molar-refractivity contribution is -0.116. The number of para-hydroxylation sites is 1. The second-order valence-corrected chi connectivity index (χ2v) is 6.39. The zero-order chi connectivity index (χ0) is 17.1. The number of hydrogen-bond donors (Lipinski definition) is 2. The number of ether oxygens (including phenoxy) is 1. The molecule has 1 aromatic heterocycles. The largest absolute Gasteiger partial charge is 0.493 e. The third-order valence-corrected chi connectivity index (χ3v) is 4.27. The maximum Gasteiger partial charge on any atom is 0.227 e. The van der Waals surface area contributed by atoms with Crippen LogP contribution in [0.1, 0.15) is 37.5 Å². The number of rotatable bonds is 6.